The number of halogens is 2. The molecular weight excluding hydrogens is 556 g/mol. The third kappa shape index (κ3) is 8.07. The lowest BCUT2D eigenvalue weighted by molar-refractivity contribution is -0.384. The van der Waals surface area contributed by atoms with Crippen molar-refractivity contribution in [3.63, 3.8) is 0 Å². The molecule has 0 saturated heterocycles. The van der Waals surface area contributed by atoms with Crippen LogP contribution in [0.2, 0.25) is 0 Å². The number of thiocarbonyl (C=S) groups is 1. The van der Waals surface area contributed by atoms with Crippen LogP contribution in [-0.4, -0.2) is 28.5 Å². The first-order valence-electron chi connectivity index (χ1n) is 8.56. The van der Waals surface area contributed by atoms with Gasteiger partial charge in [-0.3, -0.25) is 35.9 Å². The van der Waals surface area contributed by atoms with Crippen LogP contribution in [-0.2, 0) is 9.59 Å². The Kier molecular flexibility index (Phi) is 9.09. The molecule has 0 atom stereocenters. The van der Waals surface area contributed by atoms with Crippen LogP contribution in [0.15, 0.2) is 51.4 Å². The van der Waals surface area contributed by atoms with E-state index in [2.05, 4.69) is 48.0 Å². The van der Waals surface area contributed by atoms with Crippen LogP contribution in [0.4, 0.5) is 5.69 Å². The maximum Gasteiger partial charge on any atom is 0.276 e. The van der Waals surface area contributed by atoms with Gasteiger partial charge in [-0.25, -0.2) is 0 Å². The summed E-state index contributed by atoms with van der Waals surface area (Å²) in [7, 11) is 0. The molecular formula is C19H16Br2N4O5S. The van der Waals surface area contributed by atoms with Gasteiger partial charge in [0.05, 0.1) is 9.40 Å². The molecule has 31 heavy (non-hydrogen) atoms. The second-order valence-corrected chi connectivity index (χ2v) is 8.18. The van der Waals surface area contributed by atoms with Gasteiger partial charge in [0.25, 0.3) is 11.6 Å². The summed E-state index contributed by atoms with van der Waals surface area (Å²) in [4.78, 5) is 34.1. The molecule has 0 saturated carbocycles. The first-order chi connectivity index (χ1) is 14.7. The number of benzene rings is 2. The van der Waals surface area contributed by atoms with Crippen LogP contribution in [0.25, 0.3) is 6.08 Å². The van der Waals surface area contributed by atoms with E-state index in [4.69, 9.17) is 17.0 Å². The third-order valence-electron chi connectivity index (χ3n) is 3.60. The molecule has 12 heteroatoms. The summed E-state index contributed by atoms with van der Waals surface area (Å²) >= 11 is 11.7. The van der Waals surface area contributed by atoms with Crippen molar-refractivity contribution in [2.75, 3.05) is 6.61 Å². The van der Waals surface area contributed by atoms with Gasteiger partial charge in [0, 0.05) is 22.7 Å². The molecule has 0 unspecified atom stereocenters. The molecule has 162 valence electrons. The van der Waals surface area contributed by atoms with E-state index in [0.29, 0.717) is 15.8 Å². The molecule has 2 rings (SSSR count). The number of hydrazine groups is 1. The Balaban J connectivity index is 1.78. The normalized spacial score (nSPS) is 10.4. The van der Waals surface area contributed by atoms with Crippen molar-refractivity contribution in [1.29, 1.82) is 0 Å². The van der Waals surface area contributed by atoms with Crippen molar-refractivity contribution in [2.45, 2.75) is 6.92 Å². The van der Waals surface area contributed by atoms with Gasteiger partial charge < -0.3 is 4.74 Å². The van der Waals surface area contributed by atoms with Gasteiger partial charge in [0.15, 0.2) is 11.7 Å². The van der Waals surface area contributed by atoms with Gasteiger partial charge in [-0.2, -0.15) is 0 Å². The highest BCUT2D eigenvalue weighted by molar-refractivity contribution is 9.11. The number of rotatable bonds is 6. The highest BCUT2D eigenvalue weighted by Gasteiger charge is 2.10. The minimum atomic E-state index is -0.580. The van der Waals surface area contributed by atoms with Crippen LogP contribution in [0.5, 0.6) is 5.75 Å². The summed E-state index contributed by atoms with van der Waals surface area (Å²) in [6.45, 7) is 1.56. The SMILES string of the molecule is Cc1cc(Br)cc(Br)c1OCC(=O)NNC(=S)NC(=O)/C=C/c1cccc([N+](=O)[O-])c1. The van der Waals surface area contributed by atoms with E-state index in [1.165, 1.54) is 24.3 Å². The summed E-state index contributed by atoms with van der Waals surface area (Å²) in [6.07, 6.45) is 2.56. The molecule has 9 nitrogen and oxygen atoms in total. The van der Waals surface area contributed by atoms with Gasteiger partial charge in [-0.05, 0) is 64.4 Å². The molecule has 0 spiro atoms. The quantitative estimate of drug-likeness (QED) is 0.210. The number of nitro groups is 1. The van der Waals surface area contributed by atoms with E-state index in [0.717, 1.165) is 16.1 Å². The number of carbonyl (C=O) groups excluding carboxylic acids is 2. The topological polar surface area (TPSA) is 123 Å². The highest BCUT2D eigenvalue weighted by Crippen LogP contribution is 2.32. The fourth-order valence-corrected chi connectivity index (χ4v) is 3.98. The molecule has 0 aromatic heterocycles. The van der Waals surface area contributed by atoms with E-state index < -0.39 is 16.7 Å². The molecule has 2 aromatic rings. The number of nitro benzene ring substituents is 1. The predicted molar refractivity (Wildman–Crippen MR) is 126 cm³/mol. The predicted octanol–water partition coefficient (Wildman–Crippen LogP) is 3.54. The fourth-order valence-electron chi connectivity index (χ4n) is 2.27. The number of nitrogens with one attached hydrogen (secondary N) is 3. The van der Waals surface area contributed by atoms with Gasteiger partial charge in [0.2, 0.25) is 5.91 Å². The van der Waals surface area contributed by atoms with Crippen LogP contribution in [0, 0.1) is 17.0 Å². The number of hydrogen-bond donors (Lipinski definition) is 3. The summed E-state index contributed by atoms with van der Waals surface area (Å²) in [5.41, 5.74) is 5.92. The summed E-state index contributed by atoms with van der Waals surface area (Å²) in [6, 6.07) is 9.44. The largest absolute Gasteiger partial charge is 0.482 e. The molecule has 0 fully saturated rings. The zero-order valence-corrected chi connectivity index (χ0v) is 20.0. The third-order valence-corrected chi connectivity index (χ3v) is 4.85. The van der Waals surface area contributed by atoms with Crippen molar-refractivity contribution in [3.8, 4) is 5.75 Å². The molecule has 0 aliphatic carbocycles. The average Bonchev–Trinajstić information content (AvgIpc) is 2.70. The Morgan fingerprint density at radius 2 is 1.97 bits per heavy atom. The molecule has 0 aliphatic heterocycles. The highest BCUT2D eigenvalue weighted by atomic mass is 79.9. The maximum atomic E-state index is 11.9. The van der Waals surface area contributed by atoms with Crippen molar-refractivity contribution >= 4 is 72.8 Å². The fraction of sp³-hybridized carbons (Fsp3) is 0.105. The molecule has 0 bridgehead atoms. The molecule has 0 aliphatic rings. The van der Waals surface area contributed by atoms with Crippen LogP contribution >= 0.6 is 44.1 Å². The molecule has 0 heterocycles. The lowest BCUT2D eigenvalue weighted by Gasteiger charge is -2.13. The lowest BCUT2D eigenvalue weighted by atomic mass is 10.2. The molecule has 0 radical (unpaired) electrons. The Hall–Kier alpha value is -2.83. The summed E-state index contributed by atoms with van der Waals surface area (Å²) < 4.78 is 7.07. The van der Waals surface area contributed by atoms with Crippen LogP contribution < -0.4 is 20.9 Å². The van der Waals surface area contributed by atoms with Gasteiger partial charge in [0.1, 0.15) is 5.75 Å². The van der Waals surface area contributed by atoms with E-state index in [1.807, 2.05) is 13.0 Å². The van der Waals surface area contributed by atoms with Gasteiger partial charge in [-0.1, -0.05) is 28.1 Å². The second-order valence-electron chi connectivity index (χ2n) is 6.00. The monoisotopic (exact) mass is 570 g/mol. The summed E-state index contributed by atoms with van der Waals surface area (Å²) in [5, 5.41) is 13.0. The smallest absolute Gasteiger partial charge is 0.276 e. The van der Waals surface area contributed by atoms with Gasteiger partial charge in [-0.15, -0.1) is 0 Å². The standard InChI is InChI=1S/C19H16Br2N4O5S/c1-11-7-13(20)9-15(21)18(11)30-10-17(27)23-24-19(31)22-16(26)6-5-12-3-2-4-14(8-12)25(28)29/h2-9H,10H2,1H3,(H,23,27)(H2,22,24,26,31)/b6-5+. The number of amides is 2. The Labute approximate surface area is 199 Å². The number of hydrogen-bond acceptors (Lipinski definition) is 6. The van der Waals surface area contributed by atoms with Gasteiger partial charge >= 0.3 is 0 Å². The maximum absolute atomic E-state index is 11.9. The van der Waals surface area contributed by atoms with Crippen LogP contribution in [0.3, 0.4) is 0 Å². The lowest BCUT2D eigenvalue weighted by Crippen LogP contribution is -2.49. The average molecular weight is 572 g/mol. The Bertz CT molecular complexity index is 1040. The molecule has 2 amide bonds. The zero-order chi connectivity index (χ0) is 23.0. The van der Waals surface area contributed by atoms with Crippen molar-refractivity contribution in [2.24, 2.45) is 0 Å². The first kappa shape index (κ1) is 24.4. The number of ether oxygens (including phenoxy) is 1. The van der Waals surface area contributed by atoms with E-state index >= 15 is 0 Å². The minimum Gasteiger partial charge on any atom is -0.482 e. The van der Waals surface area contributed by atoms with Crippen molar-refractivity contribution in [1.82, 2.24) is 16.2 Å². The Morgan fingerprint density at radius 3 is 2.65 bits per heavy atom. The summed E-state index contributed by atoms with van der Waals surface area (Å²) in [5.74, 6) is -0.567. The van der Waals surface area contributed by atoms with Crippen LogP contribution in [0.1, 0.15) is 11.1 Å². The second kappa shape index (κ2) is 11.5. The Morgan fingerprint density at radius 1 is 1.23 bits per heavy atom. The molecule has 3 N–H and O–H groups in total. The number of nitrogens with zero attached hydrogens (tertiary/aromatic N) is 1. The van der Waals surface area contributed by atoms with E-state index in [9.17, 15) is 19.7 Å². The minimum absolute atomic E-state index is 0.0879. The number of aryl methyl sites for hydroxylation is 1. The number of carbonyl (C=O) groups is 2. The molecule has 2 aromatic carbocycles. The van der Waals surface area contributed by atoms with E-state index in [-0.39, 0.29) is 17.4 Å². The zero-order valence-electron chi connectivity index (χ0n) is 16.0. The van der Waals surface area contributed by atoms with E-state index in [1.54, 1.807) is 12.1 Å². The number of non-ortho nitro benzene ring substituents is 1. The first-order valence-corrected chi connectivity index (χ1v) is 10.6. The van der Waals surface area contributed by atoms with Crippen molar-refractivity contribution in [3.05, 3.63) is 72.7 Å². The van der Waals surface area contributed by atoms with Crippen molar-refractivity contribution < 1.29 is 19.2 Å².